The molecule has 0 bridgehead atoms. The first-order valence-corrected chi connectivity index (χ1v) is 13.4. The van der Waals surface area contributed by atoms with Crippen molar-refractivity contribution >= 4 is 33.2 Å². The van der Waals surface area contributed by atoms with Crippen LogP contribution in [0.5, 0.6) is 11.5 Å². The first-order chi connectivity index (χ1) is 19.6. The summed E-state index contributed by atoms with van der Waals surface area (Å²) in [7, 11) is 3.38. The number of aromatic nitrogens is 2. The number of fused-ring (bicyclic) bond motifs is 5. The average Bonchev–Trinajstić information content (AvgIpc) is 3.65. The van der Waals surface area contributed by atoms with Crippen LogP contribution < -0.4 is 19.3 Å². The SMILES string of the molecule is COc1ccc(CO)c2c1CN(c1ccnc3c1ccc1c(N4Cc5c(CO)ccc(OC)c5C4)ccnc13)C2. The number of methoxy groups -OCH3 is 2. The lowest BCUT2D eigenvalue weighted by atomic mass is 10.0. The van der Waals surface area contributed by atoms with E-state index in [4.69, 9.17) is 19.4 Å². The molecule has 0 spiro atoms. The van der Waals surface area contributed by atoms with Gasteiger partial charge in [0.2, 0.25) is 0 Å². The third-order valence-electron chi connectivity index (χ3n) is 8.40. The molecular formula is C32H30N4O4. The van der Waals surface area contributed by atoms with Crippen LogP contribution in [0.15, 0.2) is 60.9 Å². The minimum atomic E-state index is 0.000630. The van der Waals surface area contributed by atoms with Gasteiger partial charge in [0.1, 0.15) is 11.5 Å². The van der Waals surface area contributed by atoms with Gasteiger partial charge in [-0.15, -0.1) is 0 Å². The molecule has 40 heavy (non-hydrogen) atoms. The van der Waals surface area contributed by atoms with E-state index in [0.29, 0.717) is 26.2 Å². The Morgan fingerprint density at radius 2 is 1.02 bits per heavy atom. The van der Waals surface area contributed by atoms with E-state index < -0.39 is 0 Å². The lowest BCUT2D eigenvalue weighted by Crippen LogP contribution is -2.16. The molecule has 0 amide bonds. The molecule has 8 heteroatoms. The summed E-state index contributed by atoms with van der Waals surface area (Å²) in [6, 6.07) is 16.1. The van der Waals surface area contributed by atoms with Crippen molar-refractivity contribution in [2.45, 2.75) is 39.4 Å². The highest BCUT2D eigenvalue weighted by Gasteiger charge is 2.28. The third kappa shape index (κ3) is 3.67. The maximum Gasteiger partial charge on any atom is 0.124 e. The van der Waals surface area contributed by atoms with Crippen molar-refractivity contribution in [1.82, 2.24) is 9.97 Å². The molecule has 7 rings (SSSR count). The van der Waals surface area contributed by atoms with Crippen LogP contribution in [0.25, 0.3) is 21.8 Å². The molecule has 2 N–H and O–H groups in total. The molecule has 4 heterocycles. The Hall–Kier alpha value is -4.40. The van der Waals surface area contributed by atoms with Crippen LogP contribution in [0.2, 0.25) is 0 Å². The van der Waals surface area contributed by atoms with Gasteiger partial charge in [-0.3, -0.25) is 9.97 Å². The predicted molar refractivity (Wildman–Crippen MR) is 155 cm³/mol. The minimum absolute atomic E-state index is 0.000630. The van der Waals surface area contributed by atoms with E-state index in [1.165, 1.54) is 0 Å². The Morgan fingerprint density at radius 3 is 1.43 bits per heavy atom. The quantitative estimate of drug-likeness (QED) is 0.300. The molecule has 0 aliphatic carbocycles. The largest absolute Gasteiger partial charge is 0.496 e. The van der Waals surface area contributed by atoms with Gasteiger partial charge in [-0.1, -0.05) is 12.1 Å². The van der Waals surface area contributed by atoms with Crippen molar-refractivity contribution in [1.29, 1.82) is 0 Å². The molecule has 2 aromatic heterocycles. The van der Waals surface area contributed by atoms with Crippen molar-refractivity contribution in [2.75, 3.05) is 24.0 Å². The third-order valence-corrected chi connectivity index (χ3v) is 8.40. The van der Waals surface area contributed by atoms with Crippen molar-refractivity contribution in [3.63, 3.8) is 0 Å². The number of aliphatic hydroxyl groups excluding tert-OH is 2. The highest BCUT2D eigenvalue weighted by Crippen LogP contribution is 2.42. The van der Waals surface area contributed by atoms with E-state index in [0.717, 1.165) is 78.1 Å². The molecule has 0 unspecified atom stereocenters. The lowest BCUT2D eigenvalue weighted by Gasteiger charge is -2.22. The maximum absolute atomic E-state index is 9.94. The van der Waals surface area contributed by atoms with Gasteiger partial charge in [0.25, 0.3) is 0 Å². The number of nitrogens with zero attached hydrogens (tertiary/aromatic N) is 4. The second kappa shape index (κ2) is 9.66. The van der Waals surface area contributed by atoms with Crippen molar-refractivity contribution < 1.29 is 19.7 Å². The highest BCUT2D eigenvalue weighted by atomic mass is 16.5. The molecule has 3 aromatic carbocycles. The summed E-state index contributed by atoms with van der Waals surface area (Å²) >= 11 is 0. The number of benzene rings is 3. The highest BCUT2D eigenvalue weighted by molar-refractivity contribution is 6.10. The molecule has 0 saturated carbocycles. The Labute approximate surface area is 232 Å². The number of pyridine rings is 2. The van der Waals surface area contributed by atoms with Gasteiger partial charge >= 0.3 is 0 Å². The van der Waals surface area contributed by atoms with Gasteiger partial charge in [0.15, 0.2) is 0 Å². The molecule has 0 atom stereocenters. The predicted octanol–water partition coefficient (Wildman–Crippen LogP) is 4.83. The Balaban J connectivity index is 1.30. The zero-order valence-electron chi connectivity index (χ0n) is 22.5. The van der Waals surface area contributed by atoms with E-state index in [9.17, 15) is 10.2 Å². The topological polar surface area (TPSA) is 91.2 Å². The van der Waals surface area contributed by atoms with Crippen LogP contribution in [0.3, 0.4) is 0 Å². The van der Waals surface area contributed by atoms with Gasteiger partial charge in [-0.2, -0.15) is 0 Å². The van der Waals surface area contributed by atoms with E-state index in [-0.39, 0.29) is 13.2 Å². The summed E-state index contributed by atoms with van der Waals surface area (Å²) in [5.41, 5.74) is 10.2. The summed E-state index contributed by atoms with van der Waals surface area (Å²) in [5, 5.41) is 22.0. The van der Waals surface area contributed by atoms with Gasteiger partial charge < -0.3 is 29.5 Å². The summed E-state index contributed by atoms with van der Waals surface area (Å²) in [4.78, 5) is 14.2. The van der Waals surface area contributed by atoms with Gasteiger partial charge in [-0.05, 0) is 58.7 Å². The van der Waals surface area contributed by atoms with Crippen LogP contribution in [0, 0.1) is 0 Å². The summed E-state index contributed by atoms with van der Waals surface area (Å²) < 4.78 is 11.3. The molecular weight excluding hydrogens is 504 g/mol. The summed E-state index contributed by atoms with van der Waals surface area (Å²) in [5.74, 6) is 1.69. The number of rotatable bonds is 6. The number of hydrogen-bond acceptors (Lipinski definition) is 8. The standard InChI is InChI=1S/C32H30N4O4/c1-39-29-7-3-19(17-37)23-13-35(15-25(23)29)27-9-11-33-31-21(27)5-6-22-28(10-12-34-32(22)31)36-14-24-20(18-38)4-8-30(40-2)26(24)16-36/h3-12,37-38H,13-18H2,1-2H3. The van der Waals surface area contributed by atoms with Crippen molar-refractivity contribution in [3.8, 4) is 11.5 Å². The normalized spacial score (nSPS) is 14.2. The molecule has 2 aliphatic rings. The van der Waals surface area contributed by atoms with E-state index in [1.54, 1.807) is 14.2 Å². The molecule has 0 fully saturated rings. The second-order valence-electron chi connectivity index (χ2n) is 10.3. The maximum atomic E-state index is 9.94. The molecule has 0 radical (unpaired) electrons. The average molecular weight is 535 g/mol. The van der Waals surface area contributed by atoms with Crippen LogP contribution in [0.1, 0.15) is 33.4 Å². The number of ether oxygens (including phenoxy) is 2. The first kappa shape index (κ1) is 24.6. The van der Waals surface area contributed by atoms with Gasteiger partial charge in [-0.25, -0.2) is 0 Å². The lowest BCUT2D eigenvalue weighted by molar-refractivity contribution is 0.280. The van der Waals surface area contributed by atoms with Crippen molar-refractivity contribution in [3.05, 3.63) is 94.3 Å². The number of anilines is 2. The van der Waals surface area contributed by atoms with E-state index >= 15 is 0 Å². The zero-order chi connectivity index (χ0) is 27.4. The van der Waals surface area contributed by atoms with Crippen LogP contribution in [0.4, 0.5) is 11.4 Å². The molecule has 8 nitrogen and oxygen atoms in total. The first-order valence-electron chi connectivity index (χ1n) is 13.4. The minimum Gasteiger partial charge on any atom is -0.496 e. The zero-order valence-corrected chi connectivity index (χ0v) is 22.5. The van der Waals surface area contributed by atoms with Crippen LogP contribution in [-0.2, 0) is 39.4 Å². The van der Waals surface area contributed by atoms with Crippen LogP contribution >= 0.6 is 0 Å². The molecule has 5 aromatic rings. The molecule has 202 valence electrons. The Kier molecular flexibility index (Phi) is 5.95. The van der Waals surface area contributed by atoms with Crippen molar-refractivity contribution in [2.24, 2.45) is 0 Å². The van der Waals surface area contributed by atoms with Gasteiger partial charge in [0, 0.05) is 71.8 Å². The number of aliphatic hydroxyl groups is 2. The molecule has 2 aliphatic heterocycles. The molecule has 0 saturated heterocycles. The summed E-state index contributed by atoms with van der Waals surface area (Å²) in [6.07, 6.45) is 3.70. The Morgan fingerprint density at radius 1 is 0.600 bits per heavy atom. The van der Waals surface area contributed by atoms with E-state index in [2.05, 4.69) is 34.1 Å². The van der Waals surface area contributed by atoms with Gasteiger partial charge in [0.05, 0.1) is 38.5 Å². The summed E-state index contributed by atoms with van der Waals surface area (Å²) in [6.45, 7) is 2.76. The second-order valence-corrected chi connectivity index (χ2v) is 10.3. The smallest absolute Gasteiger partial charge is 0.124 e. The van der Waals surface area contributed by atoms with E-state index in [1.807, 2.05) is 36.7 Å². The van der Waals surface area contributed by atoms with Crippen LogP contribution in [-0.4, -0.2) is 34.4 Å². The monoisotopic (exact) mass is 534 g/mol. The number of hydrogen-bond donors (Lipinski definition) is 2. The fraction of sp³-hybridized carbons (Fsp3) is 0.250. The fourth-order valence-corrected chi connectivity index (χ4v) is 6.43. The fourth-order valence-electron chi connectivity index (χ4n) is 6.43. The Bertz CT molecular complexity index is 1590.